The summed E-state index contributed by atoms with van der Waals surface area (Å²) in [6, 6.07) is 5.11. The molecular formula is C12H16O3. The van der Waals surface area contributed by atoms with E-state index in [2.05, 4.69) is 6.58 Å². The number of rotatable bonds is 4. The molecule has 2 N–H and O–H groups in total. The highest BCUT2D eigenvalue weighted by molar-refractivity contribution is 5.59. The molecule has 0 heterocycles. The van der Waals surface area contributed by atoms with E-state index in [0.717, 1.165) is 0 Å². The molecule has 0 unspecified atom stereocenters. The highest BCUT2D eigenvalue weighted by Crippen LogP contribution is 2.22. The summed E-state index contributed by atoms with van der Waals surface area (Å²) in [7, 11) is 0. The molecule has 0 saturated heterocycles. The number of hydrogen-bond acceptors (Lipinski definition) is 3. The van der Waals surface area contributed by atoms with Gasteiger partial charge in [0.2, 0.25) is 0 Å². The smallest absolute Gasteiger partial charge is 0.120 e. The minimum absolute atomic E-state index is 0.0288. The Morgan fingerprint density at radius 3 is 2.53 bits per heavy atom. The molecule has 82 valence electrons. The van der Waals surface area contributed by atoms with Crippen LogP contribution in [0, 0.1) is 0 Å². The summed E-state index contributed by atoms with van der Waals surface area (Å²) < 4.78 is 5.48. The van der Waals surface area contributed by atoms with Gasteiger partial charge in [-0.15, -0.1) is 0 Å². The Morgan fingerprint density at radius 2 is 2.07 bits per heavy atom. The van der Waals surface area contributed by atoms with Crippen LogP contribution in [-0.4, -0.2) is 16.3 Å². The topological polar surface area (TPSA) is 49.7 Å². The van der Waals surface area contributed by atoms with Crippen molar-refractivity contribution in [2.45, 2.75) is 26.6 Å². The highest BCUT2D eigenvalue weighted by atomic mass is 16.5. The first-order valence-corrected chi connectivity index (χ1v) is 4.82. The molecule has 0 bridgehead atoms. The standard InChI is InChI=1S/C12H16O3/c1-8(2)15-12-5-10(7-13)4-11(6-12)9(3)14/h4-6,8,13-14H,3,7H2,1-2H3. The predicted octanol–water partition coefficient (Wildman–Crippen LogP) is 2.49. The van der Waals surface area contributed by atoms with Crippen molar-refractivity contribution in [3.63, 3.8) is 0 Å². The number of aliphatic hydroxyl groups is 2. The summed E-state index contributed by atoms with van der Waals surface area (Å²) in [5.41, 5.74) is 1.26. The first-order chi connectivity index (χ1) is 7.02. The number of aliphatic hydroxyl groups excluding tert-OH is 2. The monoisotopic (exact) mass is 208 g/mol. The molecule has 1 aromatic carbocycles. The maximum atomic E-state index is 9.27. The summed E-state index contributed by atoms with van der Waals surface area (Å²) in [5.74, 6) is 0.598. The average Bonchev–Trinajstić information content (AvgIpc) is 2.16. The molecule has 0 aliphatic heterocycles. The average molecular weight is 208 g/mol. The number of ether oxygens (including phenoxy) is 1. The largest absolute Gasteiger partial charge is 0.508 e. The summed E-state index contributed by atoms with van der Waals surface area (Å²) in [5, 5.41) is 18.3. The molecule has 0 aliphatic carbocycles. The van der Waals surface area contributed by atoms with Crippen molar-refractivity contribution >= 4 is 5.76 Å². The fourth-order valence-electron chi connectivity index (χ4n) is 1.26. The Hall–Kier alpha value is -1.48. The Bertz CT molecular complexity index is 356. The van der Waals surface area contributed by atoms with Crippen molar-refractivity contribution in [2.75, 3.05) is 0 Å². The van der Waals surface area contributed by atoms with Crippen LogP contribution in [-0.2, 0) is 6.61 Å². The van der Waals surface area contributed by atoms with Gasteiger partial charge in [0.1, 0.15) is 11.5 Å². The summed E-state index contributed by atoms with van der Waals surface area (Å²) in [6.45, 7) is 7.18. The van der Waals surface area contributed by atoms with Crippen molar-refractivity contribution in [1.29, 1.82) is 0 Å². The molecule has 0 fully saturated rings. The normalized spacial score (nSPS) is 10.4. The van der Waals surface area contributed by atoms with Gasteiger partial charge in [-0.3, -0.25) is 0 Å². The Labute approximate surface area is 89.6 Å². The molecule has 0 amide bonds. The van der Waals surface area contributed by atoms with E-state index >= 15 is 0 Å². The van der Waals surface area contributed by atoms with Crippen LogP contribution < -0.4 is 4.74 Å². The minimum Gasteiger partial charge on any atom is -0.508 e. The lowest BCUT2D eigenvalue weighted by Gasteiger charge is -2.12. The van der Waals surface area contributed by atoms with Crippen LogP contribution in [0.1, 0.15) is 25.0 Å². The lowest BCUT2D eigenvalue weighted by Crippen LogP contribution is -2.06. The first-order valence-electron chi connectivity index (χ1n) is 4.82. The molecule has 3 heteroatoms. The van der Waals surface area contributed by atoms with E-state index in [-0.39, 0.29) is 18.5 Å². The molecule has 0 aromatic heterocycles. The zero-order chi connectivity index (χ0) is 11.4. The van der Waals surface area contributed by atoms with Crippen molar-refractivity contribution in [3.8, 4) is 5.75 Å². The van der Waals surface area contributed by atoms with Gasteiger partial charge >= 0.3 is 0 Å². The molecule has 0 radical (unpaired) electrons. The number of benzene rings is 1. The third kappa shape index (κ3) is 3.29. The van der Waals surface area contributed by atoms with Gasteiger partial charge in [0.25, 0.3) is 0 Å². The highest BCUT2D eigenvalue weighted by Gasteiger charge is 2.05. The zero-order valence-electron chi connectivity index (χ0n) is 9.03. The van der Waals surface area contributed by atoms with E-state index in [1.807, 2.05) is 13.8 Å². The van der Waals surface area contributed by atoms with Crippen LogP contribution in [0.5, 0.6) is 5.75 Å². The van der Waals surface area contributed by atoms with E-state index in [1.54, 1.807) is 18.2 Å². The molecule has 0 saturated carbocycles. The second-order valence-corrected chi connectivity index (χ2v) is 3.64. The van der Waals surface area contributed by atoms with E-state index in [4.69, 9.17) is 9.84 Å². The molecule has 3 nitrogen and oxygen atoms in total. The summed E-state index contributed by atoms with van der Waals surface area (Å²) in [6.07, 6.45) is 0.0544. The van der Waals surface area contributed by atoms with Gasteiger partial charge in [-0.1, -0.05) is 6.58 Å². The summed E-state index contributed by atoms with van der Waals surface area (Å²) in [4.78, 5) is 0. The fourth-order valence-corrected chi connectivity index (χ4v) is 1.26. The van der Waals surface area contributed by atoms with Gasteiger partial charge < -0.3 is 14.9 Å². The van der Waals surface area contributed by atoms with Gasteiger partial charge in [0.15, 0.2) is 0 Å². The van der Waals surface area contributed by atoms with E-state index in [1.165, 1.54) is 0 Å². The van der Waals surface area contributed by atoms with Crippen molar-refractivity contribution in [1.82, 2.24) is 0 Å². The quantitative estimate of drug-likeness (QED) is 0.747. The van der Waals surface area contributed by atoms with Crippen LogP contribution in [0.15, 0.2) is 24.8 Å². The van der Waals surface area contributed by atoms with Crippen LogP contribution in [0.3, 0.4) is 0 Å². The van der Waals surface area contributed by atoms with Crippen LogP contribution in [0.2, 0.25) is 0 Å². The lowest BCUT2D eigenvalue weighted by molar-refractivity contribution is 0.240. The van der Waals surface area contributed by atoms with E-state index in [9.17, 15) is 5.11 Å². The maximum absolute atomic E-state index is 9.27. The maximum Gasteiger partial charge on any atom is 0.120 e. The second kappa shape index (κ2) is 4.84. The predicted molar refractivity (Wildman–Crippen MR) is 59.8 cm³/mol. The molecule has 1 rings (SSSR count). The molecular weight excluding hydrogens is 192 g/mol. The van der Waals surface area contributed by atoms with Gasteiger partial charge in [0.05, 0.1) is 12.7 Å². The lowest BCUT2D eigenvalue weighted by atomic mass is 10.1. The molecule has 15 heavy (non-hydrogen) atoms. The van der Waals surface area contributed by atoms with Crippen molar-refractivity contribution in [3.05, 3.63) is 35.9 Å². The summed E-state index contributed by atoms with van der Waals surface area (Å²) >= 11 is 0. The van der Waals surface area contributed by atoms with Gasteiger partial charge in [-0.05, 0) is 37.6 Å². The minimum atomic E-state index is -0.0877. The molecule has 1 aromatic rings. The van der Waals surface area contributed by atoms with Crippen LogP contribution in [0.4, 0.5) is 0 Å². The SMILES string of the molecule is C=C(O)c1cc(CO)cc(OC(C)C)c1. The first kappa shape index (κ1) is 11.6. The van der Waals surface area contributed by atoms with Gasteiger partial charge in [-0.2, -0.15) is 0 Å². The number of hydrogen-bond donors (Lipinski definition) is 2. The second-order valence-electron chi connectivity index (χ2n) is 3.64. The zero-order valence-corrected chi connectivity index (χ0v) is 9.03. The van der Waals surface area contributed by atoms with E-state index in [0.29, 0.717) is 16.9 Å². The molecule has 0 spiro atoms. The third-order valence-electron chi connectivity index (χ3n) is 1.85. The Kier molecular flexibility index (Phi) is 3.74. The Morgan fingerprint density at radius 1 is 1.40 bits per heavy atom. The molecule has 0 aliphatic rings. The Balaban J connectivity index is 3.05. The van der Waals surface area contributed by atoms with Crippen molar-refractivity contribution < 1.29 is 14.9 Å². The van der Waals surface area contributed by atoms with Crippen molar-refractivity contribution in [2.24, 2.45) is 0 Å². The van der Waals surface area contributed by atoms with E-state index < -0.39 is 0 Å². The molecule has 0 atom stereocenters. The third-order valence-corrected chi connectivity index (χ3v) is 1.85. The van der Waals surface area contributed by atoms with Gasteiger partial charge in [-0.25, -0.2) is 0 Å². The van der Waals surface area contributed by atoms with Gasteiger partial charge in [0, 0.05) is 5.56 Å². The van der Waals surface area contributed by atoms with Crippen LogP contribution in [0.25, 0.3) is 5.76 Å². The fraction of sp³-hybridized carbons (Fsp3) is 0.333. The van der Waals surface area contributed by atoms with Crippen LogP contribution >= 0.6 is 0 Å².